The fourth-order valence-corrected chi connectivity index (χ4v) is 2.11. The molecule has 2 heteroatoms. The molecule has 0 heterocycles. The first-order valence-corrected chi connectivity index (χ1v) is 4.87. The van der Waals surface area contributed by atoms with Crippen LogP contribution in [0.4, 0.5) is 0 Å². The van der Waals surface area contributed by atoms with Crippen LogP contribution in [0, 0.1) is 5.92 Å². The number of allylic oxidation sites excluding steroid dienone is 4. The summed E-state index contributed by atoms with van der Waals surface area (Å²) in [4.78, 5) is -0.310. The third kappa shape index (κ3) is 1.43. The Morgan fingerprint density at radius 2 is 1.92 bits per heavy atom. The normalized spacial score (nSPS) is 36.8. The molecule has 1 aliphatic carbocycles. The average molecular weight is 205 g/mol. The zero-order valence-corrected chi connectivity index (χ0v) is 9.42. The largest absolute Gasteiger partial charge is 0.114 e. The van der Waals surface area contributed by atoms with Crippen molar-refractivity contribution in [2.75, 3.05) is 0 Å². The van der Waals surface area contributed by atoms with Crippen LogP contribution in [0.2, 0.25) is 0 Å². The number of rotatable bonds is 0. The molecule has 0 aromatic rings. The Morgan fingerprint density at radius 3 is 2.42 bits per heavy atom. The molecule has 0 aromatic carbocycles. The van der Waals surface area contributed by atoms with Gasteiger partial charge in [0.15, 0.2) is 0 Å². The molecule has 0 nitrogen and oxygen atoms in total. The van der Waals surface area contributed by atoms with Crippen LogP contribution in [0.5, 0.6) is 0 Å². The molecule has 68 valence electrons. The van der Waals surface area contributed by atoms with Crippen LogP contribution >= 0.6 is 23.2 Å². The second-order valence-electron chi connectivity index (χ2n) is 3.66. The van der Waals surface area contributed by atoms with E-state index >= 15 is 0 Å². The molecule has 0 saturated carbocycles. The minimum absolute atomic E-state index is 0.310. The minimum atomic E-state index is -0.310. The summed E-state index contributed by atoms with van der Waals surface area (Å²) in [5.41, 5.74) is 2.33. The topological polar surface area (TPSA) is 0 Å². The van der Waals surface area contributed by atoms with Gasteiger partial charge in [0.1, 0.15) is 0 Å². The predicted octanol–water partition coefficient (Wildman–Crippen LogP) is 4.09. The molecule has 0 fully saturated rings. The maximum absolute atomic E-state index is 6.38. The standard InChI is InChI=1S/C10H14Cl2/c1-6-5-9(11)8(3)10(4,12)7(6)2/h5,7H,1-4H3. The van der Waals surface area contributed by atoms with Gasteiger partial charge in [0, 0.05) is 5.03 Å². The average Bonchev–Trinajstić information content (AvgIpc) is 1.99. The highest BCUT2D eigenvalue weighted by atomic mass is 35.5. The van der Waals surface area contributed by atoms with Crippen LogP contribution in [0.1, 0.15) is 27.7 Å². The molecule has 2 atom stereocenters. The summed E-state index contributed by atoms with van der Waals surface area (Å²) < 4.78 is 0. The molecule has 2 unspecified atom stereocenters. The second-order valence-corrected chi connectivity index (χ2v) is 4.85. The second kappa shape index (κ2) is 3.08. The van der Waals surface area contributed by atoms with Crippen molar-refractivity contribution in [2.45, 2.75) is 32.6 Å². The Balaban J connectivity index is 3.18. The van der Waals surface area contributed by atoms with Crippen LogP contribution in [0.25, 0.3) is 0 Å². The Labute approximate surface area is 84.2 Å². The fraction of sp³-hybridized carbons (Fsp3) is 0.600. The summed E-state index contributed by atoms with van der Waals surface area (Å²) in [6.07, 6.45) is 2.01. The molecule has 0 bridgehead atoms. The highest BCUT2D eigenvalue weighted by Gasteiger charge is 2.35. The predicted molar refractivity (Wildman–Crippen MR) is 55.7 cm³/mol. The van der Waals surface area contributed by atoms with Gasteiger partial charge in [0.25, 0.3) is 0 Å². The van der Waals surface area contributed by atoms with Crippen molar-refractivity contribution >= 4 is 23.2 Å². The van der Waals surface area contributed by atoms with E-state index in [9.17, 15) is 0 Å². The van der Waals surface area contributed by atoms with Gasteiger partial charge in [-0.25, -0.2) is 0 Å². The maximum atomic E-state index is 6.38. The van der Waals surface area contributed by atoms with Gasteiger partial charge >= 0.3 is 0 Å². The van der Waals surface area contributed by atoms with E-state index in [0.29, 0.717) is 5.92 Å². The highest BCUT2D eigenvalue weighted by molar-refractivity contribution is 6.34. The van der Waals surface area contributed by atoms with Crippen LogP contribution in [0.3, 0.4) is 0 Å². The Kier molecular flexibility index (Phi) is 2.60. The van der Waals surface area contributed by atoms with Crippen molar-refractivity contribution in [3.05, 3.63) is 22.3 Å². The Bertz CT molecular complexity index is 259. The monoisotopic (exact) mass is 204 g/mol. The van der Waals surface area contributed by atoms with Crippen LogP contribution in [-0.2, 0) is 0 Å². The van der Waals surface area contributed by atoms with Gasteiger partial charge in [0.05, 0.1) is 4.87 Å². The van der Waals surface area contributed by atoms with E-state index < -0.39 is 0 Å². The minimum Gasteiger partial charge on any atom is -0.114 e. The first kappa shape index (κ1) is 10.1. The molecule has 0 aliphatic heterocycles. The van der Waals surface area contributed by atoms with Gasteiger partial charge in [0.2, 0.25) is 0 Å². The van der Waals surface area contributed by atoms with Gasteiger partial charge in [-0.05, 0) is 38.3 Å². The van der Waals surface area contributed by atoms with E-state index in [0.717, 1.165) is 10.6 Å². The number of hydrogen-bond donors (Lipinski definition) is 0. The van der Waals surface area contributed by atoms with E-state index in [1.54, 1.807) is 0 Å². The summed E-state index contributed by atoms with van der Waals surface area (Å²) in [6.45, 7) is 8.22. The fourth-order valence-electron chi connectivity index (χ4n) is 1.42. The van der Waals surface area contributed by atoms with Crippen LogP contribution in [-0.4, -0.2) is 4.87 Å². The van der Waals surface area contributed by atoms with Gasteiger partial charge < -0.3 is 0 Å². The summed E-state index contributed by atoms with van der Waals surface area (Å²) in [6, 6.07) is 0. The maximum Gasteiger partial charge on any atom is 0.0704 e. The summed E-state index contributed by atoms with van der Waals surface area (Å²) in [5.74, 6) is 0.363. The zero-order chi connectivity index (χ0) is 9.52. The zero-order valence-electron chi connectivity index (χ0n) is 7.91. The van der Waals surface area contributed by atoms with Crippen molar-refractivity contribution < 1.29 is 0 Å². The summed E-state index contributed by atoms with van der Waals surface area (Å²) in [5, 5.41) is 0.795. The van der Waals surface area contributed by atoms with Crippen LogP contribution < -0.4 is 0 Å². The van der Waals surface area contributed by atoms with E-state index in [1.165, 1.54) is 5.57 Å². The lowest BCUT2D eigenvalue weighted by atomic mass is 9.80. The van der Waals surface area contributed by atoms with Crippen molar-refractivity contribution in [1.29, 1.82) is 0 Å². The molecule has 0 aromatic heterocycles. The van der Waals surface area contributed by atoms with E-state index in [4.69, 9.17) is 23.2 Å². The lowest BCUT2D eigenvalue weighted by molar-refractivity contribution is 0.530. The number of alkyl halides is 1. The molecule has 12 heavy (non-hydrogen) atoms. The van der Waals surface area contributed by atoms with Gasteiger partial charge in [-0.15, -0.1) is 11.6 Å². The molecule has 0 radical (unpaired) electrons. The first-order chi connectivity index (χ1) is 5.37. The van der Waals surface area contributed by atoms with Crippen molar-refractivity contribution in [1.82, 2.24) is 0 Å². The molecule has 0 spiro atoms. The summed E-state index contributed by atoms with van der Waals surface area (Å²) in [7, 11) is 0. The van der Waals surface area contributed by atoms with Crippen molar-refractivity contribution in [3.63, 3.8) is 0 Å². The molecule has 0 amide bonds. The molecule has 1 rings (SSSR count). The smallest absolute Gasteiger partial charge is 0.0704 e. The first-order valence-electron chi connectivity index (χ1n) is 4.11. The lowest BCUT2D eigenvalue weighted by Gasteiger charge is -2.35. The Hall–Kier alpha value is 0.0600. The van der Waals surface area contributed by atoms with Crippen molar-refractivity contribution in [3.8, 4) is 0 Å². The lowest BCUT2D eigenvalue weighted by Crippen LogP contribution is -2.31. The van der Waals surface area contributed by atoms with Gasteiger partial charge in [-0.2, -0.15) is 0 Å². The van der Waals surface area contributed by atoms with E-state index in [1.807, 2.05) is 19.9 Å². The van der Waals surface area contributed by atoms with Gasteiger partial charge in [-0.3, -0.25) is 0 Å². The molecule has 0 N–H and O–H groups in total. The molecule has 0 saturated heterocycles. The van der Waals surface area contributed by atoms with Gasteiger partial charge in [-0.1, -0.05) is 24.1 Å². The van der Waals surface area contributed by atoms with Crippen molar-refractivity contribution in [2.24, 2.45) is 5.92 Å². The summed E-state index contributed by atoms with van der Waals surface area (Å²) >= 11 is 12.4. The van der Waals surface area contributed by atoms with Crippen LogP contribution in [0.15, 0.2) is 22.3 Å². The van der Waals surface area contributed by atoms with E-state index in [-0.39, 0.29) is 4.87 Å². The quantitative estimate of drug-likeness (QED) is 0.522. The highest BCUT2D eigenvalue weighted by Crippen LogP contribution is 2.43. The SMILES string of the molecule is CC1=CC(Cl)=C(C)C(C)(Cl)C1C. The molecule has 1 aliphatic rings. The number of hydrogen-bond acceptors (Lipinski definition) is 0. The third-order valence-corrected chi connectivity index (χ3v) is 3.95. The van der Waals surface area contributed by atoms with E-state index in [2.05, 4.69) is 13.8 Å². The number of halogens is 2. The Morgan fingerprint density at radius 1 is 1.42 bits per heavy atom. The molecular weight excluding hydrogens is 191 g/mol. The molecular formula is C10H14Cl2. The third-order valence-electron chi connectivity index (χ3n) is 2.94.